The highest BCUT2D eigenvalue weighted by Gasteiger charge is 2.72. The zero-order chi connectivity index (χ0) is 29.0. The number of thioether (sulfide) groups is 1. The lowest BCUT2D eigenvalue weighted by molar-refractivity contribution is -0.149. The van der Waals surface area contributed by atoms with Crippen molar-refractivity contribution in [1.29, 1.82) is 0 Å². The van der Waals surface area contributed by atoms with Crippen molar-refractivity contribution in [1.82, 2.24) is 9.80 Å². The third kappa shape index (κ3) is 4.61. The first-order valence-electron chi connectivity index (χ1n) is 14.5. The average Bonchev–Trinajstić information content (AvgIpc) is 3.19. The van der Waals surface area contributed by atoms with Gasteiger partial charge in [0.15, 0.2) is 0 Å². The summed E-state index contributed by atoms with van der Waals surface area (Å²) in [6, 6.07) is 8.28. The maximum atomic E-state index is 14.7. The van der Waals surface area contributed by atoms with Crippen LogP contribution in [0.3, 0.4) is 0 Å². The maximum Gasteiger partial charge on any atom is 0.247 e. The number of anilines is 1. The first kappa shape index (κ1) is 28.9. The van der Waals surface area contributed by atoms with Gasteiger partial charge in [-0.15, -0.1) is 11.8 Å². The van der Waals surface area contributed by atoms with Gasteiger partial charge in [-0.05, 0) is 44.2 Å². The van der Waals surface area contributed by atoms with Gasteiger partial charge in [-0.25, -0.2) is 0 Å². The number of amides is 3. The first-order valence-corrected chi connectivity index (χ1v) is 15.4. The lowest BCUT2D eigenvalue weighted by Crippen LogP contribution is -2.60. The third-order valence-corrected chi connectivity index (χ3v) is 10.7. The van der Waals surface area contributed by atoms with Gasteiger partial charge in [0, 0.05) is 29.6 Å². The van der Waals surface area contributed by atoms with Crippen LogP contribution < -0.4 is 4.90 Å². The van der Waals surface area contributed by atoms with Crippen LogP contribution in [-0.4, -0.2) is 79.9 Å². The standard InChI is InChI=1S/C32H43N3O4S/c1-7-21(19-36)35-26-29(39)34(31(5,6)20-30(2,3)4)18-12-16-32(26)25(28(35)38)24-23(40-32)15-11-17-33(27(24)37)22-13-9-8-10-14-22/h8-16,21,23-26,36H,7,17-20H2,1-6H3/t21-,23+,24-,25-,26?,32-/m0/s1. The monoisotopic (exact) mass is 565 g/mol. The van der Waals surface area contributed by atoms with E-state index in [1.54, 1.807) is 21.6 Å². The molecule has 3 amide bonds. The maximum absolute atomic E-state index is 14.7. The molecule has 1 aromatic carbocycles. The molecule has 4 aliphatic rings. The van der Waals surface area contributed by atoms with E-state index in [2.05, 4.69) is 46.8 Å². The predicted molar refractivity (Wildman–Crippen MR) is 160 cm³/mol. The molecule has 216 valence electrons. The van der Waals surface area contributed by atoms with Crippen LogP contribution >= 0.6 is 11.8 Å². The van der Waals surface area contributed by atoms with E-state index in [0.29, 0.717) is 19.5 Å². The van der Waals surface area contributed by atoms with Gasteiger partial charge in [0.05, 0.1) is 29.2 Å². The van der Waals surface area contributed by atoms with E-state index in [9.17, 15) is 19.5 Å². The minimum absolute atomic E-state index is 0.00430. The van der Waals surface area contributed by atoms with Gasteiger partial charge in [-0.1, -0.05) is 70.2 Å². The van der Waals surface area contributed by atoms with E-state index < -0.39 is 34.2 Å². The van der Waals surface area contributed by atoms with Crippen LogP contribution in [0.25, 0.3) is 0 Å². The Morgan fingerprint density at radius 2 is 1.70 bits per heavy atom. The van der Waals surface area contributed by atoms with Crippen molar-refractivity contribution in [3.05, 3.63) is 54.6 Å². The summed E-state index contributed by atoms with van der Waals surface area (Å²) in [5, 5.41) is 10.2. The van der Waals surface area contributed by atoms with Gasteiger partial charge in [-0.3, -0.25) is 14.4 Å². The molecule has 6 atom stereocenters. The Labute approximate surface area is 242 Å². The van der Waals surface area contributed by atoms with Crippen molar-refractivity contribution < 1.29 is 19.5 Å². The fraction of sp³-hybridized carbons (Fsp3) is 0.594. The number of carbonyl (C=O) groups excluding carboxylic acids is 3. The van der Waals surface area contributed by atoms with E-state index in [1.165, 1.54) is 0 Å². The number of aliphatic hydroxyl groups excluding tert-OH is 1. The van der Waals surface area contributed by atoms with Crippen LogP contribution in [0.4, 0.5) is 5.69 Å². The third-order valence-electron chi connectivity index (χ3n) is 8.93. The predicted octanol–water partition coefficient (Wildman–Crippen LogP) is 4.27. The highest BCUT2D eigenvalue weighted by atomic mass is 32.2. The number of aliphatic hydroxyl groups is 1. The molecule has 1 unspecified atom stereocenters. The first-order chi connectivity index (χ1) is 18.9. The smallest absolute Gasteiger partial charge is 0.247 e. The molecule has 4 heterocycles. The number of likely N-dealkylation sites (tertiary alicyclic amines) is 1. The van der Waals surface area contributed by atoms with E-state index in [1.807, 2.05) is 54.3 Å². The lowest BCUT2D eigenvalue weighted by atomic mass is 9.77. The van der Waals surface area contributed by atoms with Gasteiger partial charge in [-0.2, -0.15) is 0 Å². The Balaban J connectivity index is 1.61. The molecule has 7 nitrogen and oxygen atoms in total. The number of benzene rings is 1. The van der Waals surface area contributed by atoms with Gasteiger partial charge in [0.1, 0.15) is 6.04 Å². The largest absolute Gasteiger partial charge is 0.394 e. The molecule has 0 bridgehead atoms. The summed E-state index contributed by atoms with van der Waals surface area (Å²) in [6.45, 7) is 13.3. The molecule has 1 aromatic rings. The van der Waals surface area contributed by atoms with Gasteiger partial charge < -0.3 is 19.8 Å². The summed E-state index contributed by atoms with van der Waals surface area (Å²) in [5.74, 6) is -1.68. The molecular weight excluding hydrogens is 522 g/mol. The number of fused-ring (bicyclic) bond motifs is 2. The Bertz CT molecular complexity index is 1220. The van der Waals surface area contributed by atoms with E-state index >= 15 is 0 Å². The van der Waals surface area contributed by atoms with Crippen LogP contribution in [-0.2, 0) is 14.4 Å². The second-order valence-electron chi connectivity index (χ2n) is 13.4. The molecule has 2 saturated heterocycles. The molecule has 2 fully saturated rings. The number of rotatable bonds is 6. The fourth-order valence-electron chi connectivity index (χ4n) is 7.66. The minimum Gasteiger partial charge on any atom is -0.394 e. The number of hydrogen-bond donors (Lipinski definition) is 1. The van der Waals surface area contributed by atoms with E-state index in [-0.39, 0.29) is 35.0 Å². The van der Waals surface area contributed by atoms with Crippen LogP contribution in [0.2, 0.25) is 0 Å². The summed E-state index contributed by atoms with van der Waals surface area (Å²) < 4.78 is -0.891. The summed E-state index contributed by atoms with van der Waals surface area (Å²) in [4.78, 5) is 48.8. The summed E-state index contributed by atoms with van der Waals surface area (Å²) in [5.41, 5.74) is 0.342. The molecule has 0 aromatic heterocycles. The van der Waals surface area contributed by atoms with Crippen molar-refractivity contribution in [3.8, 4) is 0 Å². The SMILES string of the molecule is CC[C@@H](CO)N1C(=O)[C@@H]2[C@H]3C(=O)N(c4ccccc4)CC=C[C@H]3S[C@@]23C=CCN(C(C)(C)CC(C)(C)C)C(=O)C13. The van der Waals surface area contributed by atoms with E-state index in [4.69, 9.17) is 0 Å². The summed E-state index contributed by atoms with van der Waals surface area (Å²) in [7, 11) is 0. The molecule has 0 saturated carbocycles. The molecule has 0 aliphatic carbocycles. The Morgan fingerprint density at radius 1 is 1.00 bits per heavy atom. The quantitative estimate of drug-likeness (QED) is 0.521. The Morgan fingerprint density at radius 3 is 2.33 bits per heavy atom. The molecule has 4 aliphatic heterocycles. The molecule has 5 rings (SSSR count). The normalized spacial score (nSPS) is 31.2. The van der Waals surface area contributed by atoms with Crippen LogP contribution in [0.1, 0.15) is 54.4 Å². The topological polar surface area (TPSA) is 81.2 Å². The number of carbonyl (C=O) groups is 3. The highest BCUT2D eigenvalue weighted by molar-refractivity contribution is 8.02. The molecule has 0 radical (unpaired) electrons. The average molecular weight is 566 g/mol. The highest BCUT2D eigenvalue weighted by Crippen LogP contribution is 2.61. The molecule has 1 spiro atoms. The van der Waals surface area contributed by atoms with Crippen molar-refractivity contribution >= 4 is 35.2 Å². The summed E-state index contributed by atoms with van der Waals surface area (Å²) >= 11 is 1.59. The van der Waals surface area contributed by atoms with E-state index in [0.717, 1.165) is 12.1 Å². The minimum atomic E-state index is -0.891. The van der Waals surface area contributed by atoms with Gasteiger partial charge in [0.2, 0.25) is 17.7 Å². The zero-order valence-corrected chi connectivity index (χ0v) is 25.4. The number of para-hydroxylation sites is 1. The molecule has 8 heteroatoms. The van der Waals surface area contributed by atoms with Gasteiger partial charge in [0.25, 0.3) is 0 Å². The van der Waals surface area contributed by atoms with Crippen LogP contribution in [0, 0.1) is 17.3 Å². The van der Waals surface area contributed by atoms with Crippen LogP contribution in [0.5, 0.6) is 0 Å². The Kier molecular flexibility index (Phi) is 7.49. The number of nitrogens with zero attached hydrogens (tertiary/aromatic N) is 3. The molecule has 40 heavy (non-hydrogen) atoms. The van der Waals surface area contributed by atoms with Crippen molar-refractivity contribution in [2.75, 3.05) is 24.6 Å². The second-order valence-corrected chi connectivity index (χ2v) is 14.9. The van der Waals surface area contributed by atoms with Crippen LogP contribution in [0.15, 0.2) is 54.6 Å². The molecular formula is C32H43N3O4S. The van der Waals surface area contributed by atoms with Gasteiger partial charge >= 0.3 is 0 Å². The van der Waals surface area contributed by atoms with Crippen molar-refractivity contribution in [2.24, 2.45) is 17.3 Å². The van der Waals surface area contributed by atoms with Crippen molar-refractivity contribution in [2.45, 2.75) is 82.0 Å². The lowest BCUT2D eigenvalue weighted by Gasteiger charge is -2.45. The van der Waals surface area contributed by atoms with Crippen molar-refractivity contribution in [3.63, 3.8) is 0 Å². The Hall–Kier alpha value is -2.58. The zero-order valence-electron chi connectivity index (χ0n) is 24.5. The number of hydrogen-bond acceptors (Lipinski definition) is 5. The second kappa shape index (κ2) is 10.4. The summed E-state index contributed by atoms with van der Waals surface area (Å²) in [6.07, 6.45) is 9.48. The fourth-order valence-corrected chi connectivity index (χ4v) is 9.65. The molecule has 1 N–H and O–H groups in total.